The molecule has 0 bridgehead atoms. The summed E-state index contributed by atoms with van der Waals surface area (Å²) in [6.45, 7) is -0.372. The Kier molecular flexibility index (Phi) is 3.59. The van der Waals surface area contributed by atoms with E-state index in [0.717, 1.165) is 0 Å². The third-order valence-electron chi connectivity index (χ3n) is 3.26. The van der Waals surface area contributed by atoms with Crippen LogP contribution in [0.5, 0.6) is 11.5 Å². The quantitative estimate of drug-likeness (QED) is 0.523. The predicted octanol–water partition coefficient (Wildman–Crippen LogP) is 1.51. The summed E-state index contributed by atoms with van der Waals surface area (Å²) in [7, 11) is -1.16. The van der Waals surface area contributed by atoms with Gasteiger partial charge in [0.1, 0.15) is 17.6 Å². The lowest BCUT2D eigenvalue weighted by Crippen LogP contribution is -2.28. The van der Waals surface area contributed by atoms with Gasteiger partial charge in [-0.2, -0.15) is 0 Å². The van der Waals surface area contributed by atoms with Gasteiger partial charge in [0.25, 0.3) is 0 Å². The molecule has 2 aromatic carbocycles. The van der Waals surface area contributed by atoms with Gasteiger partial charge in [-0.05, 0) is 35.3 Å². The van der Waals surface area contributed by atoms with Crippen molar-refractivity contribution in [2.24, 2.45) is 0 Å². The fourth-order valence-electron chi connectivity index (χ4n) is 2.33. The standard InChI is InChI=1S/C14H12BNO5/c17-15-13-8-11(20-10-4-2-1-3-5-10)6-7-12(13)14(21-15)9-16(18)19/h1-8,14,17H,9H2. The van der Waals surface area contributed by atoms with Crippen LogP contribution in [-0.2, 0) is 4.65 Å². The first-order valence-electron chi connectivity index (χ1n) is 6.45. The zero-order valence-corrected chi connectivity index (χ0v) is 11.0. The molecule has 21 heavy (non-hydrogen) atoms. The molecule has 3 rings (SSSR count). The fraction of sp³-hybridized carbons (Fsp3) is 0.143. The van der Waals surface area contributed by atoms with E-state index in [2.05, 4.69) is 0 Å². The minimum atomic E-state index is -1.16. The summed E-state index contributed by atoms with van der Waals surface area (Å²) in [5, 5.41) is 20.5. The van der Waals surface area contributed by atoms with Crippen LogP contribution in [0.4, 0.5) is 0 Å². The van der Waals surface area contributed by atoms with Crippen molar-refractivity contribution in [1.29, 1.82) is 0 Å². The van der Waals surface area contributed by atoms with Crippen LogP contribution in [0.3, 0.4) is 0 Å². The van der Waals surface area contributed by atoms with Crippen molar-refractivity contribution >= 4 is 12.6 Å². The number of ether oxygens (including phenoxy) is 1. The number of para-hydroxylation sites is 1. The number of nitrogens with zero attached hydrogens (tertiary/aromatic N) is 1. The minimum Gasteiger partial charge on any atom is -0.457 e. The molecule has 1 heterocycles. The lowest BCUT2D eigenvalue weighted by Gasteiger charge is -2.08. The van der Waals surface area contributed by atoms with Crippen molar-refractivity contribution in [1.82, 2.24) is 0 Å². The normalized spacial score (nSPS) is 16.6. The van der Waals surface area contributed by atoms with Crippen LogP contribution in [0.15, 0.2) is 48.5 Å². The summed E-state index contributed by atoms with van der Waals surface area (Å²) in [6, 6.07) is 14.3. The van der Waals surface area contributed by atoms with Crippen LogP contribution in [0, 0.1) is 10.1 Å². The van der Waals surface area contributed by atoms with E-state index in [-0.39, 0.29) is 6.54 Å². The van der Waals surface area contributed by atoms with Gasteiger partial charge in [0.2, 0.25) is 6.54 Å². The van der Waals surface area contributed by atoms with Crippen LogP contribution in [-0.4, -0.2) is 23.6 Å². The average molecular weight is 285 g/mol. The SMILES string of the molecule is O=[N+]([O-])CC1OB(O)c2cc(Oc3ccccc3)ccc21. The Bertz CT molecular complexity index is 664. The highest BCUT2D eigenvalue weighted by molar-refractivity contribution is 6.61. The van der Waals surface area contributed by atoms with Crippen molar-refractivity contribution in [2.45, 2.75) is 6.10 Å². The van der Waals surface area contributed by atoms with Gasteiger partial charge < -0.3 is 14.4 Å². The predicted molar refractivity (Wildman–Crippen MR) is 76.3 cm³/mol. The van der Waals surface area contributed by atoms with E-state index in [1.165, 1.54) is 0 Å². The summed E-state index contributed by atoms with van der Waals surface area (Å²) in [6.07, 6.45) is -0.726. The Balaban J connectivity index is 1.85. The summed E-state index contributed by atoms with van der Waals surface area (Å²) in [5.41, 5.74) is 1.13. The smallest absolute Gasteiger partial charge is 0.457 e. The van der Waals surface area contributed by atoms with E-state index in [1.54, 1.807) is 18.2 Å². The van der Waals surface area contributed by atoms with Crippen LogP contribution >= 0.6 is 0 Å². The largest absolute Gasteiger partial charge is 0.492 e. The molecule has 0 fully saturated rings. The second-order valence-corrected chi connectivity index (χ2v) is 4.70. The molecule has 1 aliphatic heterocycles. The number of rotatable bonds is 4. The maximum absolute atomic E-state index is 10.6. The first-order valence-corrected chi connectivity index (χ1v) is 6.45. The van der Waals surface area contributed by atoms with Crippen molar-refractivity contribution in [3.63, 3.8) is 0 Å². The Hall–Kier alpha value is -2.38. The number of hydrogen-bond acceptors (Lipinski definition) is 5. The molecular weight excluding hydrogens is 273 g/mol. The Morgan fingerprint density at radius 2 is 2.00 bits per heavy atom. The molecule has 0 amide bonds. The number of nitro groups is 1. The molecule has 1 aliphatic rings. The van der Waals surface area contributed by atoms with Gasteiger partial charge in [-0.3, -0.25) is 10.1 Å². The van der Waals surface area contributed by atoms with Crippen molar-refractivity contribution in [2.75, 3.05) is 6.54 Å². The molecule has 6 nitrogen and oxygen atoms in total. The molecule has 1 N–H and O–H groups in total. The van der Waals surface area contributed by atoms with E-state index >= 15 is 0 Å². The van der Waals surface area contributed by atoms with Crippen LogP contribution in [0.2, 0.25) is 0 Å². The van der Waals surface area contributed by atoms with E-state index in [4.69, 9.17) is 9.39 Å². The summed E-state index contributed by atoms with van der Waals surface area (Å²) < 4.78 is 10.9. The van der Waals surface area contributed by atoms with Gasteiger partial charge in [-0.15, -0.1) is 0 Å². The molecule has 0 radical (unpaired) electrons. The molecular formula is C14H12BNO5. The number of hydrogen-bond donors (Lipinski definition) is 1. The molecule has 1 atom stereocenters. The third-order valence-corrected chi connectivity index (χ3v) is 3.26. The Morgan fingerprint density at radius 3 is 2.71 bits per heavy atom. The van der Waals surface area contributed by atoms with Crippen molar-refractivity contribution in [3.8, 4) is 11.5 Å². The molecule has 2 aromatic rings. The number of fused-ring (bicyclic) bond motifs is 1. The van der Waals surface area contributed by atoms with Crippen LogP contribution in [0.25, 0.3) is 0 Å². The summed E-state index contributed by atoms with van der Waals surface area (Å²) >= 11 is 0. The second kappa shape index (κ2) is 5.55. The molecule has 7 heteroatoms. The topological polar surface area (TPSA) is 81.8 Å². The monoisotopic (exact) mass is 285 g/mol. The summed E-state index contributed by atoms with van der Waals surface area (Å²) in [4.78, 5) is 10.1. The summed E-state index contributed by atoms with van der Waals surface area (Å²) in [5.74, 6) is 1.22. The van der Waals surface area contributed by atoms with Gasteiger partial charge in [0.05, 0.1) is 0 Å². The van der Waals surface area contributed by atoms with Crippen molar-refractivity contribution in [3.05, 3.63) is 64.2 Å². The lowest BCUT2D eigenvalue weighted by atomic mass is 9.79. The molecule has 0 spiro atoms. The minimum absolute atomic E-state index is 0.372. The van der Waals surface area contributed by atoms with Gasteiger partial charge >= 0.3 is 7.12 Å². The van der Waals surface area contributed by atoms with E-state index < -0.39 is 18.1 Å². The molecule has 0 saturated heterocycles. The maximum Gasteiger partial charge on any atom is 0.492 e. The Labute approximate surface area is 121 Å². The van der Waals surface area contributed by atoms with Crippen LogP contribution < -0.4 is 10.2 Å². The first kappa shape index (κ1) is 13.6. The average Bonchev–Trinajstić information content (AvgIpc) is 2.75. The van der Waals surface area contributed by atoms with E-state index in [1.807, 2.05) is 30.3 Å². The Morgan fingerprint density at radius 1 is 1.24 bits per heavy atom. The van der Waals surface area contributed by atoms with Gasteiger partial charge in [0.15, 0.2) is 0 Å². The van der Waals surface area contributed by atoms with Gasteiger partial charge in [-0.25, -0.2) is 0 Å². The second-order valence-electron chi connectivity index (χ2n) is 4.70. The molecule has 106 valence electrons. The zero-order chi connectivity index (χ0) is 14.8. The molecule has 0 saturated carbocycles. The highest BCUT2D eigenvalue weighted by Gasteiger charge is 2.37. The fourth-order valence-corrected chi connectivity index (χ4v) is 2.33. The number of benzene rings is 2. The zero-order valence-electron chi connectivity index (χ0n) is 11.0. The molecule has 0 aromatic heterocycles. The third kappa shape index (κ3) is 2.88. The van der Waals surface area contributed by atoms with E-state index in [9.17, 15) is 15.1 Å². The van der Waals surface area contributed by atoms with Gasteiger partial charge in [0, 0.05) is 4.92 Å². The molecule has 0 aliphatic carbocycles. The molecule has 1 unspecified atom stereocenters. The van der Waals surface area contributed by atoms with Gasteiger partial charge in [-0.1, -0.05) is 24.3 Å². The van der Waals surface area contributed by atoms with Crippen molar-refractivity contribution < 1.29 is 19.3 Å². The van der Waals surface area contributed by atoms with Crippen LogP contribution in [0.1, 0.15) is 11.7 Å². The maximum atomic E-state index is 10.6. The first-order chi connectivity index (χ1) is 10.1. The highest BCUT2D eigenvalue weighted by Crippen LogP contribution is 2.28. The highest BCUT2D eigenvalue weighted by atomic mass is 16.6. The van der Waals surface area contributed by atoms with E-state index in [0.29, 0.717) is 22.5 Å². The lowest BCUT2D eigenvalue weighted by molar-refractivity contribution is -0.490.